The number of piperidine rings is 1. The minimum absolute atomic E-state index is 0.00832. The maximum Gasteiger partial charge on any atom is 0.240 e. The molecule has 0 N–H and O–H groups in total. The van der Waals surface area contributed by atoms with Crippen LogP contribution in [-0.4, -0.2) is 17.3 Å². The van der Waals surface area contributed by atoms with Crippen LogP contribution in [0, 0.1) is 0 Å². The smallest absolute Gasteiger partial charge is 0.240 e. The lowest BCUT2D eigenvalue weighted by molar-refractivity contribution is -0.118. The van der Waals surface area contributed by atoms with Crippen LogP contribution in [0.25, 0.3) is 0 Å². The molecule has 0 saturated carbocycles. The van der Waals surface area contributed by atoms with Gasteiger partial charge in [0.1, 0.15) is 0 Å². The summed E-state index contributed by atoms with van der Waals surface area (Å²) in [5, 5.41) is 0. The summed E-state index contributed by atoms with van der Waals surface area (Å²) in [5.41, 5.74) is 2.39. The molecule has 18 heavy (non-hydrogen) atoms. The highest BCUT2D eigenvalue weighted by Gasteiger charge is 2.27. The van der Waals surface area contributed by atoms with Gasteiger partial charge >= 0.3 is 0 Å². The van der Waals surface area contributed by atoms with Crippen LogP contribution in [0.1, 0.15) is 38.2 Å². The first-order valence-electron chi connectivity index (χ1n) is 6.76. The molecule has 1 atom stereocenters. The van der Waals surface area contributed by atoms with Gasteiger partial charge in [0.15, 0.2) is 0 Å². The second-order valence-corrected chi connectivity index (χ2v) is 5.97. The third kappa shape index (κ3) is 3.14. The zero-order chi connectivity index (χ0) is 13.0. The highest BCUT2D eigenvalue weighted by atomic mass is 79.9. The highest BCUT2D eigenvalue weighted by molar-refractivity contribution is 9.10. The number of alkyl halides is 1. The van der Waals surface area contributed by atoms with Crippen molar-refractivity contribution in [1.82, 2.24) is 0 Å². The monoisotopic (exact) mass is 309 g/mol. The van der Waals surface area contributed by atoms with Crippen LogP contribution in [0.2, 0.25) is 0 Å². The molecule has 1 aromatic rings. The topological polar surface area (TPSA) is 20.3 Å². The molecule has 1 fully saturated rings. The lowest BCUT2D eigenvalue weighted by Crippen LogP contribution is -2.41. The molecule has 1 aromatic carbocycles. The second kappa shape index (κ2) is 6.37. The van der Waals surface area contributed by atoms with Crippen molar-refractivity contribution in [3.8, 4) is 0 Å². The van der Waals surface area contributed by atoms with E-state index >= 15 is 0 Å². The van der Waals surface area contributed by atoms with E-state index in [4.69, 9.17) is 0 Å². The molecule has 2 nitrogen and oxygen atoms in total. The Hall–Kier alpha value is -0.830. The van der Waals surface area contributed by atoms with E-state index in [1.807, 2.05) is 4.90 Å². The number of benzene rings is 1. The first-order valence-corrected chi connectivity index (χ1v) is 7.68. The van der Waals surface area contributed by atoms with Crippen LogP contribution in [0.3, 0.4) is 0 Å². The molecule has 0 radical (unpaired) electrons. The summed E-state index contributed by atoms with van der Waals surface area (Å²) >= 11 is 3.45. The summed E-state index contributed by atoms with van der Waals surface area (Å²) in [7, 11) is 0. The number of amides is 1. The van der Waals surface area contributed by atoms with E-state index in [-0.39, 0.29) is 10.7 Å². The van der Waals surface area contributed by atoms with Crippen LogP contribution in [0.4, 0.5) is 5.69 Å². The summed E-state index contributed by atoms with van der Waals surface area (Å²) in [6.45, 7) is 3.05. The Morgan fingerprint density at radius 1 is 1.33 bits per heavy atom. The average molecular weight is 310 g/mol. The number of hydrogen-bond acceptors (Lipinski definition) is 1. The van der Waals surface area contributed by atoms with Gasteiger partial charge in [0.05, 0.1) is 4.83 Å². The molecule has 1 amide bonds. The van der Waals surface area contributed by atoms with E-state index in [1.54, 1.807) is 0 Å². The Morgan fingerprint density at radius 3 is 2.72 bits per heavy atom. The van der Waals surface area contributed by atoms with E-state index in [0.29, 0.717) is 0 Å². The molecule has 0 aliphatic carbocycles. The van der Waals surface area contributed by atoms with Crippen LogP contribution < -0.4 is 4.90 Å². The molecule has 1 unspecified atom stereocenters. The van der Waals surface area contributed by atoms with Gasteiger partial charge in [0.25, 0.3) is 0 Å². The standard InChI is InChI=1S/C15H20BrNO/c1-2-3-5-12-7-9-13(10-8-12)17-11-4-6-14(16)15(17)18/h7-10,14H,2-6,11H2,1H3. The van der Waals surface area contributed by atoms with E-state index in [9.17, 15) is 4.79 Å². The molecule has 1 saturated heterocycles. The van der Waals surface area contributed by atoms with Gasteiger partial charge in [-0.25, -0.2) is 0 Å². The Balaban J connectivity index is 2.06. The molecule has 1 aliphatic heterocycles. The van der Waals surface area contributed by atoms with Crippen LogP contribution in [0.15, 0.2) is 24.3 Å². The van der Waals surface area contributed by atoms with Gasteiger partial charge < -0.3 is 4.90 Å². The molecular formula is C15H20BrNO. The molecule has 1 aliphatic rings. The number of unbranched alkanes of at least 4 members (excludes halogenated alkanes) is 1. The van der Waals surface area contributed by atoms with Crippen molar-refractivity contribution >= 4 is 27.5 Å². The Morgan fingerprint density at radius 2 is 2.06 bits per heavy atom. The van der Waals surface area contributed by atoms with Gasteiger partial charge in [-0.15, -0.1) is 0 Å². The van der Waals surface area contributed by atoms with Gasteiger partial charge in [-0.05, 0) is 43.4 Å². The van der Waals surface area contributed by atoms with Gasteiger partial charge in [0, 0.05) is 12.2 Å². The van der Waals surface area contributed by atoms with Crippen LogP contribution >= 0.6 is 15.9 Å². The predicted octanol–water partition coefficient (Wildman–Crippen LogP) is 3.92. The fraction of sp³-hybridized carbons (Fsp3) is 0.533. The number of anilines is 1. The maximum atomic E-state index is 12.1. The molecule has 0 bridgehead atoms. The average Bonchev–Trinajstić information content (AvgIpc) is 2.40. The zero-order valence-corrected chi connectivity index (χ0v) is 12.4. The molecule has 1 heterocycles. The Bertz CT molecular complexity index is 401. The summed E-state index contributed by atoms with van der Waals surface area (Å²) in [4.78, 5) is 13.9. The fourth-order valence-corrected chi connectivity index (χ4v) is 2.88. The van der Waals surface area contributed by atoms with Crippen molar-refractivity contribution in [3.63, 3.8) is 0 Å². The normalized spacial score (nSPS) is 20.2. The number of carbonyl (C=O) groups is 1. The van der Waals surface area contributed by atoms with Crippen molar-refractivity contribution < 1.29 is 4.79 Å². The van der Waals surface area contributed by atoms with Crippen molar-refractivity contribution in [2.75, 3.05) is 11.4 Å². The molecule has 98 valence electrons. The van der Waals surface area contributed by atoms with Gasteiger partial charge in [-0.2, -0.15) is 0 Å². The quantitative estimate of drug-likeness (QED) is 0.772. The number of carbonyl (C=O) groups excluding carboxylic acids is 1. The molecule has 2 rings (SSSR count). The minimum Gasteiger partial charge on any atom is -0.311 e. The fourth-order valence-electron chi connectivity index (χ4n) is 2.31. The maximum absolute atomic E-state index is 12.1. The Kier molecular flexibility index (Phi) is 4.81. The molecule has 0 spiro atoms. The number of halogens is 1. The number of hydrogen-bond donors (Lipinski definition) is 0. The summed E-state index contributed by atoms with van der Waals surface area (Å²) in [6, 6.07) is 8.45. The highest BCUT2D eigenvalue weighted by Crippen LogP contribution is 2.25. The van der Waals surface area contributed by atoms with Crippen LogP contribution in [0.5, 0.6) is 0 Å². The summed E-state index contributed by atoms with van der Waals surface area (Å²) in [5.74, 6) is 0.197. The molecule has 3 heteroatoms. The lowest BCUT2D eigenvalue weighted by Gasteiger charge is -2.29. The minimum atomic E-state index is -0.00832. The number of rotatable bonds is 4. The number of nitrogens with zero attached hydrogens (tertiary/aromatic N) is 1. The third-order valence-electron chi connectivity index (χ3n) is 3.44. The first kappa shape index (κ1) is 13.6. The lowest BCUT2D eigenvalue weighted by atomic mass is 10.1. The first-order chi connectivity index (χ1) is 8.72. The van der Waals surface area contributed by atoms with Gasteiger partial charge in [-0.3, -0.25) is 4.79 Å². The van der Waals surface area contributed by atoms with E-state index < -0.39 is 0 Å². The summed E-state index contributed by atoms with van der Waals surface area (Å²) in [6.07, 6.45) is 5.60. The second-order valence-electron chi connectivity index (χ2n) is 4.87. The van der Waals surface area contributed by atoms with Crippen molar-refractivity contribution in [1.29, 1.82) is 0 Å². The van der Waals surface area contributed by atoms with Gasteiger partial charge in [-0.1, -0.05) is 41.4 Å². The number of aryl methyl sites for hydroxylation is 1. The van der Waals surface area contributed by atoms with Gasteiger partial charge in [0.2, 0.25) is 5.91 Å². The van der Waals surface area contributed by atoms with Crippen molar-refractivity contribution in [2.24, 2.45) is 0 Å². The molecular weight excluding hydrogens is 290 g/mol. The van der Waals surface area contributed by atoms with Crippen molar-refractivity contribution in [3.05, 3.63) is 29.8 Å². The van der Waals surface area contributed by atoms with Crippen LogP contribution in [-0.2, 0) is 11.2 Å². The van der Waals surface area contributed by atoms with Crippen molar-refractivity contribution in [2.45, 2.75) is 43.9 Å². The SMILES string of the molecule is CCCCc1ccc(N2CCCC(Br)C2=O)cc1. The summed E-state index contributed by atoms with van der Waals surface area (Å²) < 4.78 is 0. The third-order valence-corrected chi connectivity index (χ3v) is 4.29. The molecule has 0 aromatic heterocycles. The van der Waals surface area contributed by atoms with E-state index in [1.165, 1.54) is 18.4 Å². The largest absolute Gasteiger partial charge is 0.311 e. The zero-order valence-electron chi connectivity index (χ0n) is 10.9. The Labute approximate surface area is 117 Å². The van der Waals surface area contributed by atoms with E-state index in [0.717, 1.165) is 31.5 Å². The van der Waals surface area contributed by atoms with E-state index in [2.05, 4.69) is 47.1 Å². The predicted molar refractivity (Wildman–Crippen MR) is 79.4 cm³/mol.